The van der Waals surface area contributed by atoms with Crippen LogP contribution in [0.25, 0.3) is 0 Å². The Morgan fingerprint density at radius 3 is 2.46 bits per heavy atom. The zero-order chi connectivity index (χ0) is 17.4. The summed E-state index contributed by atoms with van der Waals surface area (Å²) in [4.78, 5) is 11.7. The number of hydrogen-bond donors (Lipinski definition) is 1. The van der Waals surface area contributed by atoms with E-state index in [0.717, 1.165) is 5.56 Å². The number of nitriles is 1. The Morgan fingerprint density at radius 2 is 1.88 bits per heavy atom. The van der Waals surface area contributed by atoms with Crippen molar-refractivity contribution in [2.75, 3.05) is 6.61 Å². The lowest BCUT2D eigenvalue weighted by molar-refractivity contribution is -0.123. The van der Waals surface area contributed by atoms with Crippen LogP contribution in [0, 0.1) is 11.3 Å². The summed E-state index contributed by atoms with van der Waals surface area (Å²) in [5.41, 5.74) is 4.99. The predicted molar refractivity (Wildman–Crippen MR) is 92.9 cm³/mol. The first kappa shape index (κ1) is 17.2. The number of carbonyl (C=O) groups is 1. The minimum Gasteiger partial charge on any atom is -0.484 e. The van der Waals surface area contributed by atoms with Crippen LogP contribution in [0.4, 0.5) is 0 Å². The van der Waals surface area contributed by atoms with Crippen LogP contribution >= 0.6 is 0 Å². The van der Waals surface area contributed by atoms with Crippen molar-refractivity contribution >= 4 is 12.1 Å². The van der Waals surface area contributed by atoms with Crippen LogP contribution < -0.4 is 10.2 Å². The zero-order valence-electron chi connectivity index (χ0n) is 13.7. The van der Waals surface area contributed by atoms with Gasteiger partial charge < -0.3 is 4.74 Å². The van der Waals surface area contributed by atoms with Crippen LogP contribution in [0.2, 0.25) is 0 Å². The molecule has 2 rings (SSSR count). The molecule has 0 aromatic heterocycles. The molecular weight excluding hydrogens is 302 g/mol. The summed E-state index contributed by atoms with van der Waals surface area (Å²) in [5.74, 6) is 0.761. The number of ether oxygens (including phenoxy) is 1. The third kappa shape index (κ3) is 5.25. The van der Waals surface area contributed by atoms with Gasteiger partial charge in [-0.1, -0.05) is 38.1 Å². The molecule has 122 valence electrons. The molecule has 5 heteroatoms. The first-order valence-corrected chi connectivity index (χ1v) is 7.63. The minimum absolute atomic E-state index is 0.105. The average Bonchev–Trinajstić information content (AvgIpc) is 2.61. The fourth-order valence-electron chi connectivity index (χ4n) is 1.95. The lowest BCUT2D eigenvalue weighted by atomic mass is 10.0. The molecule has 0 aliphatic carbocycles. The number of hydrazone groups is 1. The molecule has 5 nitrogen and oxygen atoms in total. The molecule has 2 aromatic rings. The Morgan fingerprint density at radius 1 is 1.21 bits per heavy atom. The van der Waals surface area contributed by atoms with Gasteiger partial charge in [0.1, 0.15) is 5.75 Å². The first-order chi connectivity index (χ1) is 11.6. The number of nitrogens with one attached hydrogen (secondary N) is 1. The summed E-state index contributed by atoms with van der Waals surface area (Å²) in [6.45, 7) is 4.14. The van der Waals surface area contributed by atoms with Crippen LogP contribution in [0.15, 0.2) is 53.6 Å². The molecule has 2 aromatic carbocycles. The van der Waals surface area contributed by atoms with E-state index in [0.29, 0.717) is 17.2 Å². The molecule has 0 aliphatic rings. The van der Waals surface area contributed by atoms with Gasteiger partial charge in [0.2, 0.25) is 0 Å². The second-order valence-electron chi connectivity index (χ2n) is 5.54. The van der Waals surface area contributed by atoms with E-state index in [9.17, 15) is 4.79 Å². The molecule has 0 spiro atoms. The van der Waals surface area contributed by atoms with Gasteiger partial charge in [0.25, 0.3) is 5.91 Å². The van der Waals surface area contributed by atoms with Crippen LogP contribution in [0.5, 0.6) is 5.75 Å². The largest absolute Gasteiger partial charge is 0.484 e. The molecule has 1 N–H and O–H groups in total. The van der Waals surface area contributed by atoms with Crippen molar-refractivity contribution in [3.8, 4) is 11.8 Å². The molecule has 0 saturated carbocycles. The maximum absolute atomic E-state index is 11.7. The van der Waals surface area contributed by atoms with Gasteiger partial charge in [0.15, 0.2) is 6.61 Å². The van der Waals surface area contributed by atoms with Gasteiger partial charge in [0.05, 0.1) is 17.8 Å². The third-order valence-corrected chi connectivity index (χ3v) is 3.36. The molecule has 0 saturated heterocycles. The van der Waals surface area contributed by atoms with Crippen molar-refractivity contribution in [3.05, 3.63) is 65.2 Å². The second-order valence-corrected chi connectivity index (χ2v) is 5.54. The highest BCUT2D eigenvalue weighted by Crippen LogP contribution is 2.18. The molecular formula is C19H19N3O2. The molecule has 0 radical (unpaired) electrons. The summed E-state index contributed by atoms with van der Waals surface area (Å²) >= 11 is 0. The van der Waals surface area contributed by atoms with Crippen LogP contribution in [0.1, 0.15) is 36.5 Å². The fraction of sp³-hybridized carbons (Fsp3) is 0.211. The number of carbonyl (C=O) groups excluding carboxylic acids is 1. The predicted octanol–water partition coefficient (Wildman–Crippen LogP) is 3.21. The van der Waals surface area contributed by atoms with Crippen molar-refractivity contribution in [2.24, 2.45) is 5.10 Å². The van der Waals surface area contributed by atoms with E-state index in [4.69, 9.17) is 10.00 Å². The first-order valence-electron chi connectivity index (χ1n) is 7.63. The van der Waals surface area contributed by atoms with Crippen molar-refractivity contribution in [3.63, 3.8) is 0 Å². The third-order valence-electron chi connectivity index (χ3n) is 3.36. The summed E-state index contributed by atoms with van der Waals surface area (Å²) < 4.78 is 5.41. The Labute approximate surface area is 141 Å². The zero-order valence-corrected chi connectivity index (χ0v) is 13.7. The number of amides is 1. The number of rotatable bonds is 6. The minimum atomic E-state index is -0.340. The quantitative estimate of drug-likeness (QED) is 0.656. The van der Waals surface area contributed by atoms with Gasteiger partial charge in [-0.3, -0.25) is 4.79 Å². The SMILES string of the molecule is CC(C)c1ccc(OCC(=O)N/N=C/c2ccc(C#N)cc2)cc1. The second kappa shape index (κ2) is 8.49. The summed E-state index contributed by atoms with van der Waals surface area (Å²) in [6, 6.07) is 16.6. The maximum Gasteiger partial charge on any atom is 0.277 e. The molecule has 0 fully saturated rings. The highest BCUT2D eigenvalue weighted by atomic mass is 16.5. The summed E-state index contributed by atoms with van der Waals surface area (Å²) in [7, 11) is 0. The maximum atomic E-state index is 11.7. The standard InChI is InChI=1S/C19H19N3O2/c1-14(2)17-7-9-18(10-8-17)24-13-19(23)22-21-12-16-5-3-15(11-20)4-6-16/h3-10,12,14H,13H2,1-2H3,(H,22,23)/b21-12+. The van der Waals surface area contributed by atoms with E-state index in [2.05, 4.69) is 24.4 Å². The lowest BCUT2D eigenvalue weighted by Gasteiger charge is -2.08. The number of hydrogen-bond acceptors (Lipinski definition) is 4. The van der Waals surface area contributed by atoms with E-state index >= 15 is 0 Å². The Balaban J connectivity index is 1.78. The fourth-order valence-corrected chi connectivity index (χ4v) is 1.95. The molecule has 0 aliphatic heterocycles. The van der Waals surface area contributed by atoms with Crippen molar-refractivity contribution in [1.82, 2.24) is 5.43 Å². The molecule has 0 bridgehead atoms. The topological polar surface area (TPSA) is 74.5 Å². The normalized spacial score (nSPS) is 10.6. The van der Waals surface area contributed by atoms with Gasteiger partial charge in [0, 0.05) is 0 Å². The van der Waals surface area contributed by atoms with Crippen molar-refractivity contribution in [1.29, 1.82) is 5.26 Å². The number of benzene rings is 2. The van der Waals surface area contributed by atoms with Gasteiger partial charge in [-0.2, -0.15) is 10.4 Å². The highest BCUT2D eigenvalue weighted by molar-refractivity contribution is 5.83. The molecule has 0 unspecified atom stereocenters. The van der Waals surface area contributed by atoms with Crippen molar-refractivity contribution < 1.29 is 9.53 Å². The van der Waals surface area contributed by atoms with E-state index in [1.165, 1.54) is 11.8 Å². The van der Waals surface area contributed by atoms with E-state index < -0.39 is 0 Å². The smallest absolute Gasteiger partial charge is 0.277 e. The van der Waals surface area contributed by atoms with Gasteiger partial charge >= 0.3 is 0 Å². The highest BCUT2D eigenvalue weighted by Gasteiger charge is 2.03. The van der Waals surface area contributed by atoms with E-state index in [-0.39, 0.29) is 12.5 Å². The number of nitrogens with zero attached hydrogens (tertiary/aromatic N) is 2. The molecule has 24 heavy (non-hydrogen) atoms. The molecule has 1 amide bonds. The monoisotopic (exact) mass is 321 g/mol. The van der Waals surface area contributed by atoms with Crippen LogP contribution in [-0.4, -0.2) is 18.7 Å². The van der Waals surface area contributed by atoms with Crippen molar-refractivity contribution in [2.45, 2.75) is 19.8 Å². The van der Waals surface area contributed by atoms with E-state index in [1.807, 2.05) is 30.3 Å². The summed E-state index contributed by atoms with van der Waals surface area (Å²) in [5, 5.41) is 12.6. The lowest BCUT2D eigenvalue weighted by Crippen LogP contribution is -2.24. The molecule has 0 heterocycles. The average molecular weight is 321 g/mol. The van der Waals surface area contributed by atoms with Crippen LogP contribution in [0.3, 0.4) is 0 Å². The van der Waals surface area contributed by atoms with Gasteiger partial charge in [-0.05, 0) is 41.3 Å². The Bertz CT molecular complexity index is 742. The Hall–Kier alpha value is -3.13. The van der Waals surface area contributed by atoms with E-state index in [1.54, 1.807) is 24.3 Å². The summed E-state index contributed by atoms with van der Waals surface area (Å²) in [6.07, 6.45) is 1.51. The van der Waals surface area contributed by atoms with Gasteiger partial charge in [-0.15, -0.1) is 0 Å². The molecule has 0 atom stereocenters. The van der Waals surface area contributed by atoms with Crippen LogP contribution in [-0.2, 0) is 4.79 Å². The van der Waals surface area contributed by atoms with Gasteiger partial charge in [-0.25, -0.2) is 5.43 Å². The Kier molecular flexibility index (Phi) is 6.09.